The summed E-state index contributed by atoms with van der Waals surface area (Å²) in [6.07, 6.45) is 9.31. The van der Waals surface area contributed by atoms with Gasteiger partial charge in [-0.2, -0.15) is 5.10 Å². The molecule has 0 aromatic carbocycles. The lowest BCUT2D eigenvalue weighted by Crippen LogP contribution is -2.37. The second-order valence-corrected chi connectivity index (χ2v) is 6.25. The van der Waals surface area contributed by atoms with Crippen molar-refractivity contribution in [3.05, 3.63) is 17.0 Å². The van der Waals surface area contributed by atoms with Gasteiger partial charge in [0.1, 0.15) is 0 Å². The summed E-state index contributed by atoms with van der Waals surface area (Å²) in [6, 6.07) is 0. The molecule has 2 N–H and O–H groups in total. The van der Waals surface area contributed by atoms with Crippen LogP contribution in [0.15, 0.2) is 4.99 Å². The van der Waals surface area contributed by atoms with Crippen molar-refractivity contribution in [3.63, 3.8) is 0 Å². The number of nitrogens with one attached hydrogen (secondary N) is 2. The molecular weight excluding hydrogens is 413 g/mol. The van der Waals surface area contributed by atoms with E-state index in [-0.39, 0.29) is 24.0 Å². The smallest absolute Gasteiger partial charge is 0.191 e. The molecule has 140 valence electrons. The van der Waals surface area contributed by atoms with E-state index in [4.69, 9.17) is 0 Å². The molecule has 1 aromatic heterocycles. The van der Waals surface area contributed by atoms with Gasteiger partial charge in [-0.15, -0.1) is 24.0 Å². The number of nitrogens with zero attached hydrogens (tertiary/aromatic N) is 3. The van der Waals surface area contributed by atoms with Gasteiger partial charge in [0.25, 0.3) is 0 Å². The van der Waals surface area contributed by atoms with E-state index in [9.17, 15) is 0 Å². The van der Waals surface area contributed by atoms with E-state index >= 15 is 0 Å². The fraction of sp³-hybridized carbons (Fsp3) is 0.778. The van der Waals surface area contributed by atoms with Gasteiger partial charge in [0.15, 0.2) is 5.96 Å². The molecule has 0 aliphatic heterocycles. The molecule has 1 heterocycles. The van der Waals surface area contributed by atoms with Crippen LogP contribution in [0.2, 0.25) is 0 Å². The number of rotatable bonds is 10. The minimum absolute atomic E-state index is 0. The molecule has 0 bridgehead atoms. The zero-order chi connectivity index (χ0) is 17.1. The van der Waals surface area contributed by atoms with Crippen LogP contribution >= 0.6 is 24.0 Å². The predicted octanol–water partition coefficient (Wildman–Crippen LogP) is 4.07. The highest BCUT2D eigenvalue weighted by Gasteiger charge is 2.09. The lowest BCUT2D eigenvalue weighted by atomic mass is 10.1. The van der Waals surface area contributed by atoms with Crippen LogP contribution in [0.5, 0.6) is 0 Å². The highest BCUT2D eigenvalue weighted by molar-refractivity contribution is 14.0. The molecule has 6 heteroatoms. The molecule has 0 fully saturated rings. The summed E-state index contributed by atoms with van der Waals surface area (Å²) in [6.45, 7) is 8.17. The Hall–Kier alpha value is -0.790. The number of unbranched alkanes of at least 4 members (excludes halogenated alkanes) is 6. The van der Waals surface area contributed by atoms with Gasteiger partial charge in [0.2, 0.25) is 0 Å². The molecule has 0 saturated heterocycles. The molecule has 0 radical (unpaired) electrons. The van der Waals surface area contributed by atoms with Crippen LogP contribution in [0, 0.1) is 13.8 Å². The molecular formula is C18H36IN5. The molecule has 0 atom stereocenters. The van der Waals surface area contributed by atoms with Gasteiger partial charge in [-0.1, -0.05) is 45.4 Å². The van der Waals surface area contributed by atoms with Crippen molar-refractivity contribution in [2.24, 2.45) is 12.0 Å². The molecule has 0 unspecified atom stereocenters. The Bertz CT molecular complexity index is 482. The number of guanidine groups is 1. The van der Waals surface area contributed by atoms with Gasteiger partial charge in [-0.3, -0.25) is 9.67 Å². The second kappa shape index (κ2) is 13.5. The van der Waals surface area contributed by atoms with Crippen molar-refractivity contribution >= 4 is 29.9 Å². The van der Waals surface area contributed by atoms with E-state index in [0.717, 1.165) is 24.7 Å². The topological polar surface area (TPSA) is 54.2 Å². The Balaban J connectivity index is 0.00000529. The summed E-state index contributed by atoms with van der Waals surface area (Å²) in [5.74, 6) is 0.874. The third-order valence-electron chi connectivity index (χ3n) is 4.39. The summed E-state index contributed by atoms with van der Waals surface area (Å²) in [4.78, 5) is 4.29. The van der Waals surface area contributed by atoms with Gasteiger partial charge in [0, 0.05) is 38.4 Å². The molecule has 0 saturated carbocycles. The van der Waals surface area contributed by atoms with E-state index in [0.29, 0.717) is 0 Å². The summed E-state index contributed by atoms with van der Waals surface area (Å²) in [7, 11) is 3.81. The summed E-state index contributed by atoms with van der Waals surface area (Å²) in [5.41, 5.74) is 3.55. The fourth-order valence-electron chi connectivity index (χ4n) is 2.75. The van der Waals surface area contributed by atoms with Gasteiger partial charge in [-0.05, 0) is 20.3 Å². The van der Waals surface area contributed by atoms with Crippen LogP contribution in [-0.2, 0) is 13.6 Å². The molecule has 1 aromatic rings. The average Bonchev–Trinajstić information content (AvgIpc) is 2.78. The minimum atomic E-state index is 0. The Labute approximate surface area is 165 Å². The van der Waals surface area contributed by atoms with Crippen LogP contribution in [0.3, 0.4) is 0 Å². The number of hydrogen-bond acceptors (Lipinski definition) is 2. The maximum atomic E-state index is 4.45. The first-order valence-corrected chi connectivity index (χ1v) is 9.03. The molecule has 1 rings (SSSR count). The van der Waals surface area contributed by atoms with Crippen molar-refractivity contribution < 1.29 is 0 Å². The second-order valence-electron chi connectivity index (χ2n) is 6.25. The Morgan fingerprint density at radius 1 is 1.04 bits per heavy atom. The number of halogens is 1. The number of aromatic nitrogens is 2. The van der Waals surface area contributed by atoms with E-state index < -0.39 is 0 Å². The first-order valence-electron chi connectivity index (χ1n) is 9.03. The van der Waals surface area contributed by atoms with Crippen LogP contribution < -0.4 is 10.6 Å². The van der Waals surface area contributed by atoms with Crippen molar-refractivity contribution in [1.82, 2.24) is 20.4 Å². The monoisotopic (exact) mass is 449 g/mol. The van der Waals surface area contributed by atoms with Crippen LogP contribution in [-0.4, -0.2) is 29.3 Å². The van der Waals surface area contributed by atoms with Crippen LogP contribution in [0.1, 0.15) is 68.8 Å². The first kappa shape index (κ1) is 23.2. The average molecular weight is 449 g/mol. The van der Waals surface area contributed by atoms with Crippen LogP contribution in [0.4, 0.5) is 0 Å². The maximum absolute atomic E-state index is 4.45. The zero-order valence-electron chi connectivity index (χ0n) is 16.1. The van der Waals surface area contributed by atoms with Crippen molar-refractivity contribution in [1.29, 1.82) is 0 Å². The van der Waals surface area contributed by atoms with Gasteiger partial charge >= 0.3 is 0 Å². The highest BCUT2D eigenvalue weighted by atomic mass is 127. The van der Waals surface area contributed by atoms with Crippen LogP contribution in [0.25, 0.3) is 0 Å². The zero-order valence-corrected chi connectivity index (χ0v) is 18.4. The Morgan fingerprint density at radius 3 is 2.21 bits per heavy atom. The normalized spacial score (nSPS) is 11.3. The largest absolute Gasteiger partial charge is 0.356 e. The molecule has 0 aliphatic carbocycles. The number of aryl methyl sites for hydroxylation is 2. The lowest BCUT2D eigenvalue weighted by molar-refractivity contribution is 0.583. The van der Waals surface area contributed by atoms with E-state index in [1.54, 1.807) is 0 Å². The first-order chi connectivity index (χ1) is 11.1. The molecule has 0 spiro atoms. The quantitative estimate of drug-likeness (QED) is 0.245. The summed E-state index contributed by atoms with van der Waals surface area (Å²) < 4.78 is 1.93. The summed E-state index contributed by atoms with van der Waals surface area (Å²) in [5, 5.41) is 11.2. The van der Waals surface area contributed by atoms with Gasteiger partial charge in [0.05, 0.1) is 5.69 Å². The van der Waals surface area contributed by atoms with Crippen molar-refractivity contribution in [3.8, 4) is 0 Å². The fourth-order valence-corrected chi connectivity index (χ4v) is 2.75. The van der Waals surface area contributed by atoms with Gasteiger partial charge < -0.3 is 10.6 Å². The minimum Gasteiger partial charge on any atom is -0.356 e. The van der Waals surface area contributed by atoms with Gasteiger partial charge in [-0.25, -0.2) is 0 Å². The van der Waals surface area contributed by atoms with Crippen molar-refractivity contribution in [2.75, 3.05) is 13.6 Å². The highest BCUT2D eigenvalue weighted by Crippen LogP contribution is 2.11. The Morgan fingerprint density at radius 2 is 1.67 bits per heavy atom. The third kappa shape index (κ3) is 8.35. The standard InChI is InChI=1S/C18H35N5.HI/c1-6-7-8-9-10-11-12-13-20-18(19-4)21-14-17-15(2)22-23(5)16(17)3;/h6-14H2,1-5H3,(H2,19,20,21);1H. The summed E-state index contributed by atoms with van der Waals surface area (Å²) >= 11 is 0. The predicted molar refractivity (Wildman–Crippen MR) is 114 cm³/mol. The maximum Gasteiger partial charge on any atom is 0.191 e. The van der Waals surface area contributed by atoms with E-state index in [2.05, 4.69) is 41.5 Å². The molecule has 5 nitrogen and oxygen atoms in total. The van der Waals surface area contributed by atoms with E-state index in [1.807, 2.05) is 18.8 Å². The number of hydrogen-bond donors (Lipinski definition) is 2. The van der Waals surface area contributed by atoms with Crippen molar-refractivity contribution in [2.45, 2.75) is 72.3 Å². The molecule has 0 aliphatic rings. The molecule has 24 heavy (non-hydrogen) atoms. The number of aliphatic imine (C=N–C) groups is 1. The Kier molecular flexibility index (Phi) is 13.1. The van der Waals surface area contributed by atoms with E-state index in [1.165, 1.54) is 56.2 Å². The third-order valence-corrected chi connectivity index (χ3v) is 4.39. The molecule has 0 amide bonds. The SMILES string of the molecule is CCCCCCCCCNC(=NC)NCc1c(C)nn(C)c1C.I. The lowest BCUT2D eigenvalue weighted by Gasteiger charge is -2.12.